The Morgan fingerprint density at radius 3 is 2.05 bits per heavy atom. The van der Waals surface area contributed by atoms with Crippen LogP contribution >= 0.6 is 0 Å². The molecule has 1 N–H and O–H groups in total. The molecule has 0 aromatic carbocycles. The summed E-state index contributed by atoms with van der Waals surface area (Å²) < 4.78 is 32.5. The first-order chi connectivity index (χ1) is 9.67. The van der Waals surface area contributed by atoms with Gasteiger partial charge >= 0.3 is 5.97 Å². The van der Waals surface area contributed by atoms with Gasteiger partial charge in [0.25, 0.3) is 10.1 Å². The maximum absolute atomic E-state index is 11.0. The van der Waals surface area contributed by atoms with Crippen molar-refractivity contribution >= 4 is 16.1 Å². The van der Waals surface area contributed by atoms with Crippen molar-refractivity contribution in [3.63, 3.8) is 0 Å². The molecular formula is C14H29NO5S. The van der Waals surface area contributed by atoms with Crippen molar-refractivity contribution in [2.24, 2.45) is 0 Å². The Bertz CT molecular complexity index is 388. The topological polar surface area (TPSA) is 83.9 Å². The summed E-state index contributed by atoms with van der Waals surface area (Å²) >= 11 is 0. The van der Waals surface area contributed by atoms with Crippen LogP contribution in [0.1, 0.15) is 40.5 Å². The van der Waals surface area contributed by atoms with Gasteiger partial charge in [-0.2, -0.15) is 8.42 Å². The highest BCUT2D eigenvalue weighted by atomic mass is 32.2. The third-order valence-electron chi connectivity index (χ3n) is 2.56. The number of rotatable bonds is 9. The normalized spacial score (nSPS) is 10.8. The summed E-state index contributed by atoms with van der Waals surface area (Å²) in [6.07, 6.45) is 1.36. The van der Waals surface area contributed by atoms with Crippen molar-refractivity contribution in [2.45, 2.75) is 40.5 Å². The number of nitrogens with zero attached hydrogens (tertiary/aromatic N) is 1. The van der Waals surface area contributed by atoms with Gasteiger partial charge in [-0.3, -0.25) is 4.55 Å². The lowest BCUT2D eigenvalue weighted by Crippen LogP contribution is -2.25. The number of esters is 1. The molecule has 6 nitrogen and oxygen atoms in total. The van der Waals surface area contributed by atoms with E-state index in [4.69, 9.17) is 9.29 Å². The van der Waals surface area contributed by atoms with Crippen molar-refractivity contribution < 1.29 is 22.5 Å². The van der Waals surface area contributed by atoms with E-state index in [1.807, 2.05) is 0 Å². The second-order valence-electron chi connectivity index (χ2n) is 4.58. The predicted octanol–water partition coefficient (Wildman–Crippen LogP) is 2.12. The van der Waals surface area contributed by atoms with E-state index < -0.39 is 10.1 Å². The molecule has 0 spiro atoms. The Labute approximate surface area is 128 Å². The van der Waals surface area contributed by atoms with E-state index in [-0.39, 0.29) is 11.7 Å². The highest BCUT2D eigenvalue weighted by Crippen LogP contribution is 1.95. The fourth-order valence-electron chi connectivity index (χ4n) is 1.37. The third-order valence-corrected chi connectivity index (χ3v) is 3.48. The third kappa shape index (κ3) is 17.0. The number of carbonyl (C=O) groups excluding carboxylic acids is 1. The zero-order valence-corrected chi connectivity index (χ0v) is 14.4. The van der Waals surface area contributed by atoms with E-state index >= 15 is 0 Å². The summed E-state index contributed by atoms with van der Waals surface area (Å²) in [6.45, 7) is 14.7. The maximum atomic E-state index is 11.0. The zero-order valence-electron chi connectivity index (χ0n) is 13.6. The Morgan fingerprint density at radius 1 is 1.24 bits per heavy atom. The highest BCUT2D eigenvalue weighted by molar-refractivity contribution is 7.85. The molecule has 0 saturated heterocycles. The molecule has 7 heteroatoms. The summed E-state index contributed by atoms with van der Waals surface area (Å²) in [5.74, 6) is -0.419. The van der Waals surface area contributed by atoms with Gasteiger partial charge in [0.1, 0.15) is 0 Å². The van der Waals surface area contributed by atoms with Gasteiger partial charge in [0.05, 0.1) is 12.4 Å². The minimum absolute atomic E-state index is 0.132. The highest BCUT2D eigenvalue weighted by Gasteiger charge is 2.03. The van der Waals surface area contributed by atoms with Crippen LogP contribution in [0.5, 0.6) is 0 Å². The zero-order chi connectivity index (χ0) is 16.9. The molecule has 0 rings (SSSR count). The van der Waals surface area contributed by atoms with Crippen molar-refractivity contribution in [3.05, 3.63) is 12.2 Å². The van der Waals surface area contributed by atoms with Gasteiger partial charge in [0.2, 0.25) is 0 Å². The smallest absolute Gasteiger partial charge is 0.333 e. The van der Waals surface area contributed by atoms with Gasteiger partial charge in [0, 0.05) is 12.1 Å². The fraction of sp³-hybridized carbons (Fsp3) is 0.786. The van der Waals surface area contributed by atoms with Crippen LogP contribution in [0.3, 0.4) is 0 Å². The molecule has 0 heterocycles. The summed E-state index contributed by atoms with van der Waals surface area (Å²) in [4.78, 5) is 13.3. The van der Waals surface area contributed by atoms with Crippen LogP contribution < -0.4 is 0 Å². The number of carbonyl (C=O) groups is 1. The quantitative estimate of drug-likeness (QED) is 0.303. The van der Waals surface area contributed by atoms with Gasteiger partial charge in [-0.1, -0.05) is 27.4 Å². The molecule has 126 valence electrons. The lowest BCUT2D eigenvalue weighted by Gasteiger charge is -2.17. The van der Waals surface area contributed by atoms with E-state index in [0.29, 0.717) is 18.6 Å². The Morgan fingerprint density at radius 2 is 1.76 bits per heavy atom. The minimum Gasteiger partial charge on any atom is -0.462 e. The number of hydrogen-bond donors (Lipinski definition) is 1. The molecule has 0 aromatic heterocycles. The van der Waals surface area contributed by atoms with E-state index in [1.54, 1.807) is 13.8 Å². The van der Waals surface area contributed by atoms with Crippen LogP contribution in [0.25, 0.3) is 0 Å². The molecule has 0 atom stereocenters. The largest absolute Gasteiger partial charge is 0.462 e. The Kier molecular flexibility index (Phi) is 13.6. The first-order valence-electron chi connectivity index (χ1n) is 7.18. The summed E-state index contributed by atoms with van der Waals surface area (Å²) in [6, 6.07) is 0. The van der Waals surface area contributed by atoms with Crippen LogP contribution in [-0.4, -0.2) is 55.8 Å². The van der Waals surface area contributed by atoms with E-state index in [0.717, 1.165) is 26.1 Å². The molecule has 0 aliphatic heterocycles. The fourth-order valence-corrected chi connectivity index (χ4v) is 1.89. The van der Waals surface area contributed by atoms with Crippen LogP contribution in [0.2, 0.25) is 0 Å². The summed E-state index contributed by atoms with van der Waals surface area (Å²) in [5, 5.41) is 0. The molecule has 0 aliphatic rings. The van der Waals surface area contributed by atoms with Crippen molar-refractivity contribution in [3.8, 4) is 0 Å². The molecule has 0 saturated carbocycles. The van der Waals surface area contributed by atoms with Crippen LogP contribution in [0, 0.1) is 0 Å². The molecule has 0 unspecified atom stereocenters. The van der Waals surface area contributed by atoms with Gasteiger partial charge in [-0.05, 0) is 32.9 Å². The van der Waals surface area contributed by atoms with Gasteiger partial charge in [-0.15, -0.1) is 0 Å². The SMILES string of the molecule is C=C(C)C(=O)OCCCN(CC)CC.CCCS(=O)(=O)O. The van der Waals surface area contributed by atoms with E-state index in [9.17, 15) is 13.2 Å². The molecule has 0 amide bonds. The molecule has 0 aromatic rings. The lowest BCUT2D eigenvalue weighted by atomic mass is 10.3. The summed E-state index contributed by atoms with van der Waals surface area (Å²) in [7, 11) is -3.67. The van der Waals surface area contributed by atoms with Gasteiger partial charge < -0.3 is 9.64 Å². The molecule has 0 bridgehead atoms. The van der Waals surface area contributed by atoms with Crippen molar-refractivity contribution in [2.75, 3.05) is 32.0 Å². The van der Waals surface area contributed by atoms with E-state index in [1.165, 1.54) is 0 Å². The minimum atomic E-state index is -3.67. The van der Waals surface area contributed by atoms with Gasteiger partial charge in [0.15, 0.2) is 0 Å². The first kappa shape index (κ1) is 22.4. The number of hydrogen-bond acceptors (Lipinski definition) is 5. The molecule has 21 heavy (non-hydrogen) atoms. The number of ether oxygens (including phenoxy) is 1. The monoisotopic (exact) mass is 323 g/mol. The second kappa shape index (κ2) is 12.8. The average Bonchev–Trinajstić information content (AvgIpc) is 2.38. The van der Waals surface area contributed by atoms with Crippen LogP contribution in [-0.2, 0) is 19.6 Å². The van der Waals surface area contributed by atoms with Crippen molar-refractivity contribution in [1.82, 2.24) is 4.90 Å². The molecule has 0 fully saturated rings. The molecule has 0 aliphatic carbocycles. The lowest BCUT2D eigenvalue weighted by molar-refractivity contribution is -0.139. The Balaban J connectivity index is 0. The first-order valence-corrected chi connectivity index (χ1v) is 8.78. The standard InChI is InChI=1S/C11H21NO2.C3H8O3S/c1-5-12(6-2)8-7-9-14-11(13)10(3)4;1-2-3-7(4,5)6/h3,5-9H2,1-2,4H3;2-3H2,1H3,(H,4,5,6). The summed E-state index contributed by atoms with van der Waals surface area (Å²) in [5.41, 5.74) is 0.466. The van der Waals surface area contributed by atoms with Crippen LogP contribution in [0.4, 0.5) is 0 Å². The molecule has 0 radical (unpaired) electrons. The maximum Gasteiger partial charge on any atom is 0.333 e. The van der Waals surface area contributed by atoms with Gasteiger partial charge in [-0.25, -0.2) is 4.79 Å². The Hall–Kier alpha value is -0.920. The van der Waals surface area contributed by atoms with Crippen LogP contribution in [0.15, 0.2) is 12.2 Å². The predicted molar refractivity (Wildman–Crippen MR) is 84.9 cm³/mol. The van der Waals surface area contributed by atoms with E-state index in [2.05, 4.69) is 25.3 Å². The second-order valence-corrected chi connectivity index (χ2v) is 6.15. The molecular weight excluding hydrogens is 294 g/mol. The van der Waals surface area contributed by atoms with Crippen molar-refractivity contribution in [1.29, 1.82) is 0 Å². The average molecular weight is 323 g/mol.